The average molecular weight is 295 g/mol. The largest absolute Gasteiger partial charge is 0.363 e. The van der Waals surface area contributed by atoms with Gasteiger partial charge in [-0.25, -0.2) is 13.8 Å². The van der Waals surface area contributed by atoms with Crippen molar-refractivity contribution in [1.82, 2.24) is 4.98 Å². The molecular weight excluding hydrogens is 284 g/mol. The Bertz CT molecular complexity index is 794. The van der Waals surface area contributed by atoms with Crippen molar-refractivity contribution in [3.8, 4) is 17.9 Å². The van der Waals surface area contributed by atoms with Crippen LogP contribution in [0.3, 0.4) is 0 Å². The van der Waals surface area contributed by atoms with Crippen molar-refractivity contribution in [2.24, 2.45) is 0 Å². The molecule has 5 heteroatoms. The van der Waals surface area contributed by atoms with Crippen LogP contribution in [-0.2, 0) is 0 Å². The second kappa shape index (κ2) is 5.46. The molecule has 0 unspecified atom stereocenters. The molecule has 1 fully saturated rings. The van der Waals surface area contributed by atoms with Crippen LogP contribution in [0, 0.1) is 29.0 Å². The van der Waals surface area contributed by atoms with Gasteiger partial charge in [0.25, 0.3) is 0 Å². The minimum Gasteiger partial charge on any atom is -0.363 e. The molecule has 1 aliphatic heterocycles. The highest BCUT2D eigenvalue weighted by Crippen LogP contribution is 2.31. The van der Waals surface area contributed by atoms with Gasteiger partial charge < -0.3 is 4.90 Å². The summed E-state index contributed by atoms with van der Waals surface area (Å²) < 4.78 is 27.8. The van der Waals surface area contributed by atoms with E-state index in [0.29, 0.717) is 11.4 Å². The summed E-state index contributed by atoms with van der Waals surface area (Å²) in [6, 6.07) is 11.1. The molecule has 2 aromatic rings. The first-order valence-electron chi connectivity index (χ1n) is 6.67. The molecule has 0 aliphatic carbocycles. The third-order valence-electron chi connectivity index (χ3n) is 3.34. The first-order chi connectivity index (χ1) is 10.6. The van der Waals surface area contributed by atoms with Crippen LogP contribution < -0.4 is 4.90 Å². The zero-order chi connectivity index (χ0) is 15.6. The van der Waals surface area contributed by atoms with Crippen molar-refractivity contribution in [3.63, 3.8) is 0 Å². The van der Waals surface area contributed by atoms with Crippen molar-refractivity contribution in [2.45, 2.75) is 5.67 Å². The molecule has 2 heterocycles. The minimum absolute atomic E-state index is 0.0428. The predicted octanol–water partition coefficient (Wildman–Crippen LogP) is 2.67. The van der Waals surface area contributed by atoms with Crippen LogP contribution in [0.1, 0.15) is 11.3 Å². The lowest BCUT2D eigenvalue weighted by Crippen LogP contribution is -2.58. The van der Waals surface area contributed by atoms with Crippen LogP contribution in [0.2, 0.25) is 0 Å². The van der Waals surface area contributed by atoms with Gasteiger partial charge in [0, 0.05) is 11.9 Å². The molecule has 1 aromatic carbocycles. The zero-order valence-corrected chi connectivity index (χ0v) is 11.6. The van der Waals surface area contributed by atoms with Crippen LogP contribution in [-0.4, -0.2) is 23.7 Å². The summed E-state index contributed by atoms with van der Waals surface area (Å²) in [7, 11) is 0. The first-order valence-corrected chi connectivity index (χ1v) is 6.67. The Kier molecular flexibility index (Phi) is 3.48. The van der Waals surface area contributed by atoms with Crippen LogP contribution in [0.25, 0.3) is 0 Å². The number of rotatable bonds is 1. The maximum atomic E-state index is 14.4. The van der Waals surface area contributed by atoms with E-state index in [4.69, 9.17) is 5.26 Å². The molecule has 3 nitrogen and oxygen atoms in total. The van der Waals surface area contributed by atoms with Gasteiger partial charge in [0.2, 0.25) is 5.67 Å². The Morgan fingerprint density at radius 3 is 2.73 bits per heavy atom. The molecule has 1 aliphatic rings. The third kappa shape index (κ3) is 2.89. The van der Waals surface area contributed by atoms with E-state index in [9.17, 15) is 8.78 Å². The number of hydrogen-bond donors (Lipinski definition) is 0. The molecule has 108 valence electrons. The molecule has 0 bridgehead atoms. The van der Waals surface area contributed by atoms with Crippen LogP contribution in [0.15, 0.2) is 42.6 Å². The zero-order valence-electron chi connectivity index (χ0n) is 11.6. The van der Waals surface area contributed by atoms with Gasteiger partial charge in [-0.3, -0.25) is 0 Å². The van der Waals surface area contributed by atoms with E-state index in [2.05, 4.69) is 16.8 Å². The van der Waals surface area contributed by atoms with Gasteiger partial charge in [-0.2, -0.15) is 5.26 Å². The predicted molar refractivity (Wildman–Crippen MR) is 78.3 cm³/mol. The van der Waals surface area contributed by atoms with Crippen molar-refractivity contribution in [2.75, 3.05) is 18.0 Å². The summed E-state index contributed by atoms with van der Waals surface area (Å²) >= 11 is 0. The Morgan fingerprint density at radius 2 is 2.05 bits per heavy atom. The standard InChI is InChI=1S/C17H11F2N3/c18-14-7-13(10-20)8-16(9-14)22-11-17(19,12-22)5-4-15-3-1-2-6-21-15/h1-3,6-9H,11-12H2. The Balaban J connectivity index is 1.73. The average Bonchev–Trinajstić information content (AvgIpc) is 2.50. The quantitative estimate of drug-likeness (QED) is 0.759. The number of hydrogen-bond acceptors (Lipinski definition) is 3. The Hall–Kier alpha value is -2.92. The molecule has 0 saturated carbocycles. The van der Waals surface area contributed by atoms with Gasteiger partial charge in [0.15, 0.2) is 0 Å². The van der Waals surface area contributed by atoms with Crippen molar-refractivity contribution < 1.29 is 8.78 Å². The van der Waals surface area contributed by atoms with E-state index in [1.54, 1.807) is 29.3 Å². The maximum Gasteiger partial charge on any atom is 0.205 e. The lowest BCUT2D eigenvalue weighted by molar-refractivity contribution is 0.192. The summed E-state index contributed by atoms with van der Waals surface area (Å²) in [6.07, 6.45) is 1.60. The molecule has 0 radical (unpaired) electrons. The number of nitrogens with zero attached hydrogens (tertiary/aromatic N) is 3. The number of nitriles is 1. The van der Waals surface area contributed by atoms with E-state index in [1.165, 1.54) is 12.1 Å². The molecule has 3 rings (SSSR count). The number of halogens is 2. The molecule has 0 N–H and O–H groups in total. The van der Waals surface area contributed by atoms with Gasteiger partial charge >= 0.3 is 0 Å². The van der Waals surface area contributed by atoms with Gasteiger partial charge in [0.05, 0.1) is 24.7 Å². The van der Waals surface area contributed by atoms with Gasteiger partial charge in [-0.05, 0) is 36.3 Å². The lowest BCUT2D eigenvalue weighted by atomic mass is 9.95. The molecular formula is C17H11F2N3. The minimum atomic E-state index is -1.64. The van der Waals surface area contributed by atoms with Gasteiger partial charge in [0.1, 0.15) is 11.5 Å². The van der Waals surface area contributed by atoms with Gasteiger partial charge in [-0.1, -0.05) is 12.0 Å². The van der Waals surface area contributed by atoms with E-state index in [1.807, 2.05) is 6.07 Å². The van der Waals surface area contributed by atoms with Crippen LogP contribution >= 0.6 is 0 Å². The molecule has 22 heavy (non-hydrogen) atoms. The SMILES string of the molecule is N#Cc1cc(F)cc(N2CC(F)(C#Cc3ccccn3)C2)c1. The summed E-state index contributed by atoms with van der Waals surface area (Å²) in [6.45, 7) is 0.0856. The molecule has 0 amide bonds. The normalized spacial score (nSPS) is 15.2. The summed E-state index contributed by atoms with van der Waals surface area (Å²) in [4.78, 5) is 5.66. The van der Waals surface area contributed by atoms with Crippen LogP contribution in [0.4, 0.5) is 14.5 Å². The van der Waals surface area contributed by atoms with E-state index >= 15 is 0 Å². The second-order valence-corrected chi connectivity index (χ2v) is 5.10. The van der Waals surface area contributed by atoms with E-state index in [-0.39, 0.29) is 18.7 Å². The monoisotopic (exact) mass is 295 g/mol. The summed E-state index contributed by atoms with van der Waals surface area (Å²) in [5.74, 6) is 4.77. The van der Waals surface area contributed by atoms with Crippen LogP contribution in [0.5, 0.6) is 0 Å². The maximum absolute atomic E-state index is 14.4. The number of alkyl halides is 1. The number of pyridine rings is 1. The lowest BCUT2D eigenvalue weighted by Gasteiger charge is -2.42. The number of benzene rings is 1. The molecule has 0 spiro atoms. The fraction of sp³-hybridized carbons (Fsp3) is 0.176. The van der Waals surface area contributed by atoms with E-state index in [0.717, 1.165) is 6.07 Å². The van der Waals surface area contributed by atoms with Crippen molar-refractivity contribution in [1.29, 1.82) is 5.26 Å². The second-order valence-electron chi connectivity index (χ2n) is 5.10. The number of aromatic nitrogens is 1. The Morgan fingerprint density at radius 1 is 1.23 bits per heavy atom. The fourth-order valence-electron chi connectivity index (χ4n) is 2.25. The molecule has 1 aromatic heterocycles. The first kappa shape index (κ1) is 14.0. The topological polar surface area (TPSA) is 39.9 Å². The summed E-state index contributed by atoms with van der Waals surface area (Å²) in [5, 5.41) is 8.83. The fourth-order valence-corrected chi connectivity index (χ4v) is 2.25. The highest BCUT2D eigenvalue weighted by Gasteiger charge is 2.42. The highest BCUT2D eigenvalue weighted by molar-refractivity contribution is 5.56. The van der Waals surface area contributed by atoms with Crippen molar-refractivity contribution >= 4 is 5.69 Å². The number of anilines is 1. The van der Waals surface area contributed by atoms with Gasteiger partial charge in [-0.15, -0.1) is 0 Å². The highest BCUT2D eigenvalue weighted by atomic mass is 19.1. The molecule has 1 saturated heterocycles. The van der Waals surface area contributed by atoms with Crippen molar-refractivity contribution in [3.05, 3.63) is 59.7 Å². The summed E-state index contributed by atoms with van der Waals surface area (Å²) in [5.41, 5.74) is -0.428. The molecule has 0 atom stereocenters. The third-order valence-corrected chi connectivity index (χ3v) is 3.34. The Labute approximate surface area is 126 Å². The van der Waals surface area contributed by atoms with E-state index < -0.39 is 11.5 Å². The smallest absolute Gasteiger partial charge is 0.205 e.